The van der Waals surface area contributed by atoms with E-state index in [0.717, 1.165) is 49.6 Å². The molecule has 0 fully saturated rings. The van der Waals surface area contributed by atoms with Crippen molar-refractivity contribution in [3.8, 4) is 17.1 Å². The summed E-state index contributed by atoms with van der Waals surface area (Å²) in [6.07, 6.45) is 1.90. The molecular formula is C25H26ClNO4. The molecular weight excluding hydrogens is 414 g/mol. The molecule has 0 atom stereocenters. The van der Waals surface area contributed by atoms with E-state index in [1.54, 1.807) is 6.92 Å². The Morgan fingerprint density at radius 2 is 1.81 bits per heavy atom. The number of furan rings is 1. The summed E-state index contributed by atoms with van der Waals surface area (Å²) in [7, 11) is 0. The molecule has 1 aromatic heterocycles. The molecule has 4 rings (SSSR count). The summed E-state index contributed by atoms with van der Waals surface area (Å²) in [4.78, 5) is 13.9. The second kappa shape index (κ2) is 10.0. The van der Waals surface area contributed by atoms with Gasteiger partial charge in [0.25, 0.3) is 0 Å². The molecule has 0 amide bonds. The number of ether oxygens (including phenoxy) is 2. The molecule has 2 heterocycles. The molecule has 5 nitrogen and oxygen atoms in total. The van der Waals surface area contributed by atoms with E-state index in [9.17, 15) is 4.79 Å². The maximum atomic E-state index is 11.5. The first-order valence-corrected chi connectivity index (χ1v) is 11.0. The van der Waals surface area contributed by atoms with E-state index in [1.165, 1.54) is 11.1 Å². The normalized spacial score (nSPS) is 14.0. The molecule has 0 unspecified atom stereocenters. The SMILES string of the molecule is CCOC(=O)COc1ccc2c(c1)CCN(Cc1ccc(-c3ccc(Cl)cc3)o1)CC2. The van der Waals surface area contributed by atoms with Crippen LogP contribution in [0.4, 0.5) is 0 Å². The van der Waals surface area contributed by atoms with Gasteiger partial charge in [-0.05, 0) is 79.4 Å². The first-order valence-electron chi connectivity index (χ1n) is 10.6. The van der Waals surface area contributed by atoms with Crippen molar-refractivity contribution in [1.82, 2.24) is 4.90 Å². The fraction of sp³-hybridized carbons (Fsp3) is 0.320. The predicted octanol–water partition coefficient (Wildman–Crippen LogP) is 5.14. The van der Waals surface area contributed by atoms with Crippen LogP contribution >= 0.6 is 11.6 Å². The third-order valence-electron chi connectivity index (χ3n) is 5.40. The molecule has 0 radical (unpaired) electrons. The van der Waals surface area contributed by atoms with E-state index >= 15 is 0 Å². The molecule has 31 heavy (non-hydrogen) atoms. The Hall–Kier alpha value is -2.76. The number of hydrogen-bond donors (Lipinski definition) is 0. The first kappa shape index (κ1) is 21.5. The standard InChI is InChI=1S/C25H26ClNO4/c1-2-29-25(28)17-30-22-8-5-18-11-13-27(14-12-20(18)15-22)16-23-9-10-24(31-23)19-3-6-21(26)7-4-19/h3-10,15H,2,11-14,16-17H2,1H3. The van der Waals surface area contributed by atoms with Crippen LogP contribution in [0.1, 0.15) is 23.8 Å². The van der Waals surface area contributed by atoms with Gasteiger partial charge in [0.2, 0.25) is 0 Å². The Balaban J connectivity index is 1.35. The molecule has 6 heteroatoms. The lowest BCUT2D eigenvalue weighted by molar-refractivity contribution is -0.145. The van der Waals surface area contributed by atoms with E-state index < -0.39 is 0 Å². The summed E-state index contributed by atoms with van der Waals surface area (Å²) in [5.41, 5.74) is 3.62. The van der Waals surface area contributed by atoms with Crippen LogP contribution in [0.3, 0.4) is 0 Å². The summed E-state index contributed by atoms with van der Waals surface area (Å²) in [6.45, 7) is 4.76. The molecule has 0 N–H and O–H groups in total. The Labute approximate surface area is 187 Å². The quantitative estimate of drug-likeness (QED) is 0.477. The van der Waals surface area contributed by atoms with Crippen LogP contribution in [-0.2, 0) is 28.9 Å². The largest absolute Gasteiger partial charge is 0.482 e. The van der Waals surface area contributed by atoms with Crippen molar-refractivity contribution in [2.24, 2.45) is 0 Å². The Kier molecular flexibility index (Phi) is 6.95. The highest BCUT2D eigenvalue weighted by Crippen LogP contribution is 2.26. The van der Waals surface area contributed by atoms with Gasteiger partial charge in [0.05, 0.1) is 13.2 Å². The summed E-state index contributed by atoms with van der Waals surface area (Å²) >= 11 is 5.98. The van der Waals surface area contributed by atoms with Crippen molar-refractivity contribution < 1.29 is 18.7 Å². The van der Waals surface area contributed by atoms with Crippen molar-refractivity contribution in [3.05, 3.63) is 76.5 Å². The van der Waals surface area contributed by atoms with E-state index in [1.807, 2.05) is 48.5 Å². The fourth-order valence-electron chi connectivity index (χ4n) is 3.79. The second-order valence-electron chi connectivity index (χ2n) is 7.57. The summed E-state index contributed by atoms with van der Waals surface area (Å²) < 4.78 is 16.6. The van der Waals surface area contributed by atoms with Gasteiger partial charge in [-0.1, -0.05) is 17.7 Å². The van der Waals surface area contributed by atoms with Crippen LogP contribution in [0, 0.1) is 0 Å². The van der Waals surface area contributed by atoms with Crippen molar-refractivity contribution in [2.45, 2.75) is 26.3 Å². The van der Waals surface area contributed by atoms with Gasteiger partial charge in [-0.15, -0.1) is 0 Å². The maximum Gasteiger partial charge on any atom is 0.344 e. The number of benzene rings is 2. The van der Waals surface area contributed by atoms with Gasteiger partial charge >= 0.3 is 5.97 Å². The van der Waals surface area contributed by atoms with E-state index in [2.05, 4.69) is 11.0 Å². The number of fused-ring (bicyclic) bond motifs is 1. The highest BCUT2D eigenvalue weighted by Gasteiger charge is 2.17. The predicted molar refractivity (Wildman–Crippen MR) is 120 cm³/mol. The lowest BCUT2D eigenvalue weighted by Gasteiger charge is -2.18. The smallest absolute Gasteiger partial charge is 0.344 e. The number of hydrogen-bond acceptors (Lipinski definition) is 5. The lowest BCUT2D eigenvalue weighted by atomic mass is 10.0. The zero-order valence-electron chi connectivity index (χ0n) is 17.6. The number of nitrogens with zero attached hydrogens (tertiary/aromatic N) is 1. The van der Waals surface area contributed by atoms with Crippen molar-refractivity contribution in [3.63, 3.8) is 0 Å². The number of halogens is 1. The molecule has 0 spiro atoms. The first-order chi connectivity index (χ1) is 15.1. The lowest BCUT2D eigenvalue weighted by Crippen LogP contribution is -2.25. The van der Waals surface area contributed by atoms with Gasteiger partial charge in [-0.3, -0.25) is 4.90 Å². The molecule has 1 aliphatic heterocycles. The van der Waals surface area contributed by atoms with Gasteiger partial charge in [0.1, 0.15) is 17.3 Å². The van der Waals surface area contributed by atoms with Crippen LogP contribution in [0.5, 0.6) is 5.75 Å². The molecule has 2 aromatic carbocycles. The third-order valence-corrected chi connectivity index (χ3v) is 5.66. The monoisotopic (exact) mass is 439 g/mol. The topological polar surface area (TPSA) is 51.9 Å². The van der Waals surface area contributed by atoms with Gasteiger partial charge in [-0.2, -0.15) is 0 Å². The van der Waals surface area contributed by atoms with Gasteiger partial charge < -0.3 is 13.9 Å². The summed E-state index contributed by atoms with van der Waals surface area (Å²) in [5.74, 6) is 2.17. The number of esters is 1. The average molecular weight is 440 g/mol. The number of carbonyl (C=O) groups excluding carboxylic acids is 1. The number of carbonyl (C=O) groups is 1. The van der Waals surface area contributed by atoms with E-state index in [0.29, 0.717) is 17.4 Å². The minimum Gasteiger partial charge on any atom is -0.482 e. The van der Waals surface area contributed by atoms with Gasteiger partial charge in [-0.25, -0.2) is 4.79 Å². The third kappa shape index (κ3) is 5.69. The van der Waals surface area contributed by atoms with E-state index in [-0.39, 0.29) is 12.6 Å². The van der Waals surface area contributed by atoms with Crippen molar-refractivity contribution in [1.29, 1.82) is 0 Å². The minimum atomic E-state index is -0.347. The molecule has 3 aromatic rings. The number of rotatable bonds is 7. The molecule has 162 valence electrons. The Morgan fingerprint density at radius 3 is 2.58 bits per heavy atom. The zero-order chi connectivity index (χ0) is 21.6. The molecule has 1 aliphatic rings. The van der Waals surface area contributed by atoms with Crippen LogP contribution in [0.15, 0.2) is 59.0 Å². The highest BCUT2D eigenvalue weighted by molar-refractivity contribution is 6.30. The zero-order valence-corrected chi connectivity index (χ0v) is 18.4. The van der Waals surface area contributed by atoms with Gasteiger partial charge in [0, 0.05) is 23.7 Å². The fourth-order valence-corrected chi connectivity index (χ4v) is 3.92. The Bertz CT molecular complexity index is 1030. The Morgan fingerprint density at radius 1 is 1.03 bits per heavy atom. The summed E-state index contributed by atoms with van der Waals surface area (Å²) in [6, 6.07) is 17.8. The van der Waals surface area contributed by atoms with Crippen molar-refractivity contribution in [2.75, 3.05) is 26.3 Å². The molecule has 0 saturated heterocycles. The molecule has 0 bridgehead atoms. The minimum absolute atomic E-state index is 0.0623. The van der Waals surface area contributed by atoms with Gasteiger partial charge in [0.15, 0.2) is 6.61 Å². The molecule has 0 aliphatic carbocycles. The highest BCUT2D eigenvalue weighted by atomic mass is 35.5. The summed E-state index contributed by atoms with van der Waals surface area (Å²) in [5, 5.41) is 0.717. The second-order valence-corrected chi connectivity index (χ2v) is 8.01. The van der Waals surface area contributed by atoms with Crippen LogP contribution < -0.4 is 4.74 Å². The van der Waals surface area contributed by atoms with E-state index in [4.69, 9.17) is 25.5 Å². The van der Waals surface area contributed by atoms with Crippen LogP contribution in [0.25, 0.3) is 11.3 Å². The van der Waals surface area contributed by atoms with Crippen LogP contribution in [-0.4, -0.2) is 37.2 Å². The molecule has 0 saturated carbocycles. The van der Waals surface area contributed by atoms with Crippen molar-refractivity contribution >= 4 is 17.6 Å². The van der Waals surface area contributed by atoms with Crippen LogP contribution in [0.2, 0.25) is 5.02 Å². The maximum absolute atomic E-state index is 11.5. The average Bonchev–Trinajstić information content (AvgIpc) is 3.14.